The Labute approximate surface area is 103 Å². The highest BCUT2D eigenvalue weighted by atomic mass is 32.1. The molecule has 1 atom stereocenters. The first-order valence-corrected chi connectivity index (χ1v) is 6.13. The molecule has 94 valence electrons. The van der Waals surface area contributed by atoms with Gasteiger partial charge in [-0.15, -0.1) is 11.3 Å². The summed E-state index contributed by atoms with van der Waals surface area (Å²) >= 11 is 1.30. The van der Waals surface area contributed by atoms with Crippen molar-refractivity contribution in [3.63, 3.8) is 0 Å². The van der Waals surface area contributed by atoms with E-state index in [0.717, 1.165) is 5.69 Å². The molecule has 0 bridgehead atoms. The predicted octanol–water partition coefficient (Wildman–Crippen LogP) is 1.83. The first-order chi connectivity index (χ1) is 8.02. The lowest BCUT2D eigenvalue weighted by Gasteiger charge is -2.13. The van der Waals surface area contributed by atoms with Gasteiger partial charge in [0, 0.05) is 5.38 Å². The number of aryl methyl sites for hydroxylation is 1. The minimum absolute atomic E-state index is 0.402. The maximum atomic E-state index is 11.5. The van der Waals surface area contributed by atoms with E-state index in [1.54, 1.807) is 5.38 Å². The highest BCUT2D eigenvalue weighted by Crippen LogP contribution is 2.14. The van der Waals surface area contributed by atoms with Crippen LogP contribution in [0.15, 0.2) is 5.38 Å². The molecule has 7 heteroatoms. The molecule has 0 aliphatic rings. The molecule has 0 saturated heterocycles. The van der Waals surface area contributed by atoms with Crippen LogP contribution < -0.4 is 10.6 Å². The number of aromatic nitrogens is 1. The van der Waals surface area contributed by atoms with Crippen LogP contribution >= 0.6 is 11.3 Å². The second-order valence-corrected chi connectivity index (χ2v) is 4.43. The summed E-state index contributed by atoms with van der Waals surface area (Å²) in [4.78, 5) is 26.4. The average Bonchev–Trinajstić information content (AvgIpc) is 2.63. The van der Waals surface area contributed by atoms with Gasteiger partial charge in [0.1, 0.15) is 6.04 Å². The van der Waals surface area contributed by atoms with Crippen molar-refractivity contribution in [2.24, 2.45) is 0 Å². The first-order valence-electron chi connectivity index (χ1n) is 5.25. The van der Waals surface area contributed by atoms with Gasteiger partial charge in [0.25, 0.3) is 0 Å². The minimum atomic E-state index is -1.03. The molecule has 0 aromatic carbocycles. The summed E-state index contributed by atoms with van der Waals surface area (Å²) < 4.78 is 0. The lowest BCUT2D eigenvalue weighted by Crippen LogP contribution is -2.42. The van der Waals surface area contributed by atoms with E-state index < -0.39 is 18.0 Å². The number of nitrogens with zero attached hydrogens (tertiary/aromatic N) is 1. The van der Waals surface area contributed by atoms with Crippen molar-refractivity contribution in [2.45, 2.75) is 32.7 Å². The van der Waals surface area contributed by atoms with Crippen molar-refractivity contribution in [2.75, 3.05) is 5.32 Å². The summed E-state index contributed by atoms with van der Waals surface area (Å²) in [6.07, 6.45) is 1.09. The van der Waals surface area contributed by atoms with Crippen molar-refractivity contribution >= 4 is 28.5 Å². The molecular formula is C10H15N3O3S. The molecule has 0 spiro atoms. The summed E-state index contributed by atoms with van der Waals surface area (Å²) in [5.74, 6) is -1.03. The zero-order valence-electron chi connectivity index (χ0n) is 9.69. The summed E-state index contributed by atoms with van der Waals surface area (Å²) in [5, 5.41) is 16.0. The largest absolute Gasteiger partial charge is 0.480 e. The number of amides is 2. The Kier molecular flexibility index (Phi) is 4.89. The van der Waals surface area contributed by atoms with Crippen molar-refractivity contribution in [1.82, 2.24) is 10.3 Å². The van der Waals surface area contributed by atoms with Gasteiger partial charge in [-0.25, -0.2) is 14.6 Å². The van der Waals surface area contributed by atoms with Gasteiger partial charge in [0.05, 0.1) is 5.69 Å². The maximum Gasteiger partial charge on any atom is 0.326 e. The zero-order chi connectivity index (χ0) is 12.8. The van der Waals surface area contributed by atoms with Crippen molar-refractivity contribution in [3.05, 3.63) is 11.1 Å². The molecule has 1 aromatic heterocycles. The number of nitrogens with one attached hydrogen (secondary N) is 2. The van der Waals surface area contributed by atoms with Crippen LogP contribution in [-0.4, -0.2) is 28.1 Å². The molecule has 3 N–H and O–H groups in total. The van der Waals surface area contributed by atoms with Crippen LogP contribution in [0.1, 0.15) is 25.5 Å². The van der Waals surface area contributed by atoms with E-state index in [2.05, 4.69) is 15.6 Å². The molecule has 6 nitrogen and oxygen atoms in total. The molecule has 0 aliphatic heterocycles. The Morgan fingerprint density at radius 1 is 1.59 bits per heavy atom. The van der Waals surface area contributed by atoms with E-state index in [9.17, 15) is 9.59 Å². The summed E-state index contributed by atoms with van der Waals surface area (Å²) in [5.41, 5.74) is 0.814. The molecule has 1 aromatic rings. The molecule has 0 aliphatic carbocycles. The first kappa shape index (κ1) is 13.4. The number of anilines is 1. The fourth-order valence-electron chi connectivity index (χ4n) is 1.25. The SMILES string of the molecule is CCCC(NC(=O)Nc1nc(C)cs1)C(=O)O. The van der Waals surface area contributed by atoms with Gasteiger partial charge in [-0.2, -0.15) is 0 Å². The molecule has 0 radical (unpaired) electrons. The summed E-state index contributed by atoms with van der Waals surface area (Å²) in [7, 11) is 0. The van der Waals surface area contributed by atoms with Crippen LogP contribution in [0.25, 0.3) is 0 Å². The number of urea groups is 1. The normalized spacial score (nSPS) is 11.9. The third kappa shape index (κ3) is 4.39. The third-order valence-electron chi connectivity index (χ3n) is 2.02. The smallest absolute Gasteiger partial charge is 0.326 e. The standard InChI is InChI=1S/C10H15N3O3S/c1-3-4-7(8(14)15)12-9(16)13-10-11-6(2)5-17-10/h5,7H,3-4H2,1-2H3,(H,14,15)(H2,11,12,13,16). The van der Waals surface area contributed by atoms with Gasteiger partial charge in [0.15, 0.2) is 5.13 Å². The summed E-state index contributed by atoms with van der Waals surface area (Å²) in [6, 6.07) is -1.40. The molecule has 2 amide bonds. The lowest BCUT2D eigenvalue weighted by atomic mass is 10.2. The van der Waals surface area contributed by atoms with E-state index >= 15 is 0 Å². The van der Waals surface area contributed by atoms with Gasteiger partial charge >= 0.3 is 12.0 Å². The van der Waals surface area contributed by atoms with E-state index in [1.807, 2.05) is 13.8 Å². The van der Waals surface area contributed by atoms with Crippen LogP contribution in [0.4, 0.5) is 9.93 Å². The highest BCUT2D eigenvalue weighted by molar-refractivity contribution is 7.13. The molecule has 0 saturated carbocycles. The van der Waals surface area contributed by atoms with Crippen molar-refractivity contribution in [3.8, 4) is 0 Å². The Morgan fingerprint density at radius 2 is 2.29 bits per heavy atom. The Hall–Kier alpha value is -1.63. The molecule has 0 fully saturated rings. The fourth-order valence-corrected chi connectivity index (χ4v) is 1.93. The van der Waals surface area contributed by atoms with E-state index in [0.29, 0.717) is 18.0 Å². The van der Waals surface area contributed by atoms with Crippen molar-refractivity contribution < 1.29 is 14.7 Å². The second-order valence-electron chi connectivity index (χ2n) is 3.57. The van der Waals surface area contributed by atoms with Gasteiger partial charge in [-0.1, -0.05) is 13.3 Å². The number of hydrogen-bond donors (Lipinski definition) is 3. The number of carboxylic acid groups (broad SMARTS) is 1. The van der Waals surface area contributed by atoms with Crippen LogP contribution in [-0.2, 0) is 4.79 Å². The average molecular weight is 257 g/mol. The highest BCUT2D eigenvalue weighted by Gasteiger charge is 2.18. The molecule has 1 unspecified atom stereocenters. The number of carbonyl (C=O) groups excluding carboxylic acids is 1. The van der Waals surface area contributed by atoms with Crippen LogP contribution in [0.2, 0.25) is 0 Å². The molecular weight excluding hydrogens is 242 g/mol. The number of rotatable bonds is 5. The van der Waals surface area contributed by atoms with Gasteiger partial charge in [0.2, 0.25) is 0 Å². The van der Waals surface area contributed by atoms with Gasteiger partial charge in [-0.3, -0.25) is 5.32 Å². The third-order valence-corrected chi connectivity index (χ3v) is 2.90. The topological polar surface area (TPSA) is 91.3 Å². The van der Waals surface area contributed by atoms with E-state index in [4.69, 9.17) is 5.11 Å². The molecule has 17 heavy (non-hydrogen) atoms. The lowest BCUT2D eigenvalue weighted by molar-refractivity contribution is -0.139. The minimum Gasteiger partial charge on any atom is -0.480 e. The van der Waals surface area contributed by atoms with Crippen LogP contribution in [0, 0.1) is 6.92 Å². The van der Waals surface area contributed by atoms with Gasteiger partial charge < -0.3 is 10.4 Å². The number of carboxylic acids is 1. The Bertz CT molecular complexity index is 405. The quantitative estimate of drug-likeness (QED) is 0.750. The van der Waals surface area contributed by atoms with E-state index in [-0.39, 0.29) is 0 Å². The van der Waals surface area contributed by atoms with Gasteiger partial charge in [-0.05, 0) is 13.3 Å². The fraction of sp³-hybridized carbons (Fsp3) is 0.500. The number of aliphatic carboxylic acids is 1. The Morgan fingerprint density at radius 3 is 2.76 bits per heavy atom. The second kappa shape index (κ2) is 6.19. The maximum absolute atomic E-state index is 11.5. The number of hydrogen-bond acceptors (Lipinski definition) is 4. The Balaban J connectivity index is 2.50. The predicted molar refractivity (Wildman–Crippen MR) is 65.3 cm³/mol. The van der Waals surface area contributed by atoms with Crippen molar-refractivity contribution in [1.29, 1.82) is 0 Å². The van der Waals surface area contributed by atoms with Crippen LogP contribution in [0.3, 0.4) is 0 Å². The molecule has 1 rings (SSSR count). The molecule has 1 heterocycles. The monoisotopic (exact) mass is 257 g/mol. The number of thiazole rings is 1. The van der Waals surface area contributed by atoms with Crippen LogP contribution in [0.5, 0.6) is 0 Å². The summed E-state index contributed by atoms with van der Waals surface area (Å²) in [6.45, 7) is 3.68. The number of carbonyl (C=O) groups is 2. The zero-order valence-corrected chi connectivity index (χ0v) is 10.5. The van der Waals surface area contributed by atoms with E-state index in [1.165, 1.54) is 11.3 Å².